The lowest BCUT2D eigenvalue weighted by Gasteiger charge is -2.02. The summed E-state index contributed by atoms with van der Waals surface area (Å²) < 4.78 is 0. The molecule has 0 spiro atoms. The zero-order chi connectivity index (χ0) is 12.4. The van der Waals surface area contributed by atoms with Crippen molar-refractivity contribution >= 4 is 17.9 Å². The third-order valence-electron chi connectivity index (χ3n) is 1.64. The fraction of sp³-hybridized carbons (Fsp3) is 0.667. The van der Waals surface area contributed by atoms with Crippen LogP contribution >= 0.6 is 0 Å². The molecule has 6 heteroatoms. The maximum atomic E-state index is 10.2. The van der Waals surface area contributed by atoms with E-state index in [1.54, 1.807) is 0 Å². The minimum atomic E-state index is -1.31. The van der Waals surface area contributed by atoms with Crippen LogP contribution < -0.4 is 0 Å². The van der Waals surface area contributed by atoms with E-state index in [2.05, 4.69) is 0 Å². The summed E-state index contributed by atoms with van der Waals surface area (Å²) in [5.41, 5.74) is 0. The molecular weight excluding hydrogens is 204 g/mol. The van der Waals surface area contributed by atoms with E-state index in [9.17, 15) is 14.4 Å². The Kier molecular flexibility index (Phi) is 9.50. The molecule has 0 rings (SSSR count). The van der Waals surface area contributed by atoms with Crippen molar-refractivity contribution in [1.82, 2.24) is 0 Å². The van der Waals surface area contributed by atoms with Crippen LogP contribution in [0.4, 0.5) is 0 Å². The van der Waals surface area contributed by atoms with Gasteiger partial charge < -0.3 is 15.3 Å². The molecule has 0 aliphatic carbocycles. The van der Waals surface area contributed by atoms with Gasteiger partial charge in [-0.05, 0) is 12.8 Å². The van der Waals surface area contributed by atoms with E-state index >= 15 is 0 Å². The second kappa shape index (κ2) is 8.98. The van der Waals surface area contributed by atoms with E-state index in [0.717, 1.165) is 12.8 Å². The molecule has 0 amide bonds. The lowest BCUT2D eigenvalue weighted by molar-refractivity contribution is -0.147. The number of hydrogen-bond donors (Lipinski definition) is 3. The quantitative estimate of drug-likeness (QED) is 0.597. The molecule has 0 aliphatic heterocycles. The molecule has 0 aromatic heterocycles. The molecule has 0 bridgehead atoms. The summed E-state index contributed by atoms with van der Waals surface area (Å²) in [6.07, 6.45) is 0.678. The van der Waals surface area contributed by atoms with Crippen molar-refractivity contribution in [1.29, 1.82) is 0 Å². The first-order valence-corrected chi connectivity index (χ1v) is 4.51. The van der Waals surface area contributed by atoms with Crippen LogP contribution in [0.25, 0.3) is 0 Å². The number of carbonyl (C=O) groups is 3. The zero-order valence-electron chi connectivity index (χ0n) is 8.77. The van der Waals surface area contributed by atoms with Crippen molar-refractivity contribution in [2.45, 2.75) is 33.1 Å². The van der Waals surface area contributed by atoms with E-state index in [1.165, 1.54) is 0 Å². The Labute approximate surface area is 87.5 Å². The van der Waals surface area contributed by atoms with Crippen molar-refractivity contribution in [3.05, 3.63) is 0 Å². The van der Waals surface area contributed by atoms with E-state index < -0.39 is 24.3 Å². The molecule has 3 N–H and O–H groups in total. The Hall–Kier alpha value is -1.59. The van der Waals surface area contributed by atoms with E-state index in [4.69, 9.17) is 15.3 Å². The summed E-state index contributed by atoms with van der Waals surface area (Å²) in [6.45, 7) is 3.78. The first-order valence-electron chi connectivity index (χ1n) is 4.51. The SMILES string of the molecule is CCC(CC)C(=O)O.O=C(O)CC(=O)O. The van der Waals surface area contributed by atoms with Crippen LogP contribution in [0.2, 0.25) is 0 Å². The predicted octanol–water partition coefficient (Wildman–Crippen LogP) is 1.05. The van der Waals surface area contributed by atoms with Gasteiger partial charge in [-0.25, -0.2) is 0 Å². The second-order valence-corrected chi connectivity index (χ2v) is 2.82. The predicted molar refractivity (Wildman–Crippen MR) is 51.6 cm³/mol. The maximum Gasteiger partial charge on any atom is 0.314 e. The minimum absolute atomic E-state index is 0.130. The van der Waals surface area contributed by atoms with Gasteiger partial charge in [0.1, 0.15) is 6.42 Å². The highest BCUT2D eigenvalue weighted by Gasteiger charge is 2.10. The Balaban J connectivity index is 0. The molecule has 15 heavy (non-hydrogen) atoms. The van der Waals surface area contributed by atoms with Gasteiger partial charge in [-0.15, -0.1) is 0 Å². The summed E-state index contributed by atoms with van der Waals surface area (Å²) in [4.78, 5) is 29.0. The topological polar surface area (TPSA) is 112 Å². The van der Waals surface area contributed by atoms with E-state index in [0.29, 0.717) is 0 Å². The van der Waals surface area contributed by atoms with Gasteiger partial charge >= 0.3 is 17.9 Å². The van der Waals surface area contributed by atoms with Gasteiger partial charge in [0.05, 0.1) is 5.92 Å². The second-order valence-electron chi connectivity index (χ2n) is 2.82. The van der Waals surface area contributed by atoms with Crippen LogP contribution in [-0.4, -0.2) is 33.2 Å². The standard InChI is InChI=1S/C6H12O2.C3H4O4/c1-3-5(4-2)6(7)8;4-2(5)1-3(6)7/h5H,3-4H2,1-2H3,(H,7,8);1H2,(H,4,5)(H,6,7). The van der Waals surface area contributed by atoms with Gasteiger partial charge in [-0.1, -0.05) is 13.8 Å². The first kappa shape index (κ1) is 15.9. The van der Waals surface area contributed by atoms with Gasteiger partial charge in [0.2, 0.25) is 0 Å². The van der Waals surface area contributed by atoms with Gasteiger partial charge in [-0.2, -0.15) is 0 Å². The lowest BCUT2D eigenvalue weighted by Crippen LogP contribution is -2.10. The minimum Gasteiger partial charge on any atom is -0.481 e. The number of rotatable bonds is 5. The van der Waals surface area contributed by atoms with Crippen LogP contribution in [0.5, 0.6) is 0 Å². The third-order valence-corrected chi connectivity index (χ3v) is 1.64. The molecule has 88 valence electrons. The molecule has 0 aromatic rings. The Morgan fingerprint density at radius 1 is 0.933 bits per heavy atom. The molecule has 0 fully saturated rings. The number of carboxylic acid groups (broad SMARTS) is 3. The fourth-order valence-corrected chi connectivity index (χ4v) is 0.767. The molecular formula is C9H16O6. The number of aliphatic carboxylic acids is 3. The van der Waals surface area contributed by atoms with Crippen molar-refractivity contribution in [3.63, 3.8) is 0 Å². The monoisotopic (exact) mass is 220 g/mol. The highest BCUT2D eigenvalue weighted by atomic mass is 16.4. The molecule has 0 aliphatic rings. The summed E-state index contributed by atoms with van der Waals surface area (Å²) in [7, 11) is 0. The summed E-state index contributed by atoms with van der Waals surface area (Å²) in [5.74, 6) is -3.43. The molecule has 0 heterocycles. The average Bonchev–Trinajstić information content (AvgIpc) is 2.03. The molecule has 0 unspecified atom stereocenters. The van der Waals surface area contributed by atoms with Crippen molar-refractivity contribution in [2.75, 3.05) is 0 Å². The lowest BCUT2D eigenvalue weighted by atomic mass is 10.1. The Morgan fingerprint density at radius 3 is 1.27 bits per heavy atom. The van der Waals surface area contributed by atoms with Crippen molar-refractivity contribution in [2.24, 2.45) is 5.92 Å². The van der Waals surface area contributed by atoms with E-state index in [1.807, 2.05) is 13.8 Å². The number of hydrogen-bond acceptors (Lipinski definition) is 3. The van der Waals surface area contributed by atoms with Gasteiger partial charge in [0, 0.05) is 0 Å². The maximum absolute atomic E-state index is 10.2. The van der Waals surface area contributed by atoms with Gasteiger partial charge in [0.15, 0.2) is 0 Å². The zero-order valence-corrected chi connectivity index (χ0v) is 8.77. The smallest absolute Gasteiger partial charge is 0.314 e. The summed E-state index contributed by atoms with van der Waals surface area (Å²) in [5, 5.41) is 23.8. The highest BCUT2D eigenvalue weighted by Crippen LogP contribution is 2.05. The van der Waals surface area contributed by atoms with Gasteiger partial charge in [-0.3, -0.25) is 14.4 Å². The van der Waals surface area contributed by atoms with E-state index in [-0.39, 0.29) is 5.92 Å². The van der Waals surface area contributed by atoms with Crippen LogP contribution in [0.3, 0.4) is 0 Å². The van der Waals surface area contributed by atoms with Crippen LogP contribution in [0.1, 0.15) is 33.1 Å². The summed E-state index contributed by atoms with van der Waals surface area (Å²) >= 11 is 0. The van der Waals surface area contributed by atoms with Gasteiger partial charge in [0.25, 0.3) is 0 Å². The molecule has 0 aromatic carbocycles. The largest absolute Gasteiger partial charge is 0.481 e. The van der Waals surface area contributed by atoms with Crippen LogP contribution in [0.15, 0.2) is 0 Å². The molecule has 0 radical (unpaired) electrons. The normalized spacial score (nSPS) is 9.00. The molecule has 0 saturated heterocycles. The number of carboxylic acids is 3. The van der Waals surface area contributed by atoms with Crippen LogP contribution in [0, 0.1) is 5.92 Å². The van der Waals surface area contributed by atoms with Crippen LogP contribution in [-0.2, 0) is 14.4 Å². The summed E-state index contributed by atoms with van der Waals surface area (Å²) in [6, 6.07) is 0. The molecule has 0 atom stereocenters. The first-order chi connectivity index (χ1) is 6.84. The van der Waals surface area contributed by atoms with Crippen molar-refractivity contribution < 1.29 is 29.7 Å². The average molecular weight is 220 g/mol. The molecule has 6 nitrogen and oxygen atoms in total. The Bertz CT molecular complexity index is 207. The van der Waals surface area contributed by atoms with Crippen molar-refractivity contribution in [3.8, 4) is 0 Å². The Morgan fingerprint density at radius 2 is 1.27 bits per heavy atom. The fourth-order valence-electron chi connectivity index (χ4n) is 0.767. The highest BCUT2D eigenvalue weighted by molar-refractivity contribution is 5.88. The third kappa shape index (κ3) is 12.4. The molecule has 0 saturated carbocycles.